The number of esters is 1. The molecule has 0 aliphatic heterocycles. The summed E-state index contributed by atoms with van der Waals surface area (Å²) in [5.74, 6) is 0.199. The lowest BCUT2D eigenvalue weighted by atomic mass is 10.1. The van der Waals surface area contributed by atoms with Crippen molar-refractivity contribution in [3.05, 3.63) is 59.1 Å². The van der Waals surface area contributed by atoms with Crippen molar-refractivity contribution >= 4 is 29.5 Å². The summed E-state index contributed by atoms with van der Waals surface area (Å²) >= 11 is 5.93. The molecule has 0 unspecified atom stereocenters. The van der Waals surface area contributed by atoms with E-state index in [1.165, 1.54) is 0 Å². The molecule has 0 N–H and O–H groups in total. The maximum atomic E-state index is 11.8. The van der Waals surface area contributed by atoms with Crippen molar-refractivity contribution in [1.82, 2.24) is 0 Å². The summed E-state index contributed by atoms with van der Waals surface area (Å²) in [7, 11) is 0. The van der Waals surface area contributed by atoms with E-state index in [1.54, 1.807) is 51.3 Å². The van der Waals surface area contributed by atoms with E-state index in [0.717, 1.165) is 11.3 Å². The number of benzene rings is 2. The summed E-state index contributed by atoms with van der Waals surface area (Å²) in [6.45, 7) is 5.45. The molecular weight excluding hydrogens is 326 g/mol. The van der Waals surface area contributed by atoms with Gasteiger partial charge in [0.25, 0.3) is 0 Å². The van der Waals surface area contributed by atoms with Crippen molar-refractivity contribution in [2.24, 2.45) is 4.99 Å². The third-order valence-corrected chi connectivity index (χ3v) is 3.43. The second-order valence-electron chi connectivity index (χ2n) is 5.64. The highest BCUT2D eigenvalue weighted by atomic mass is 35.5. The molecule has 0 bridgehead atoms. The maximum absolute atomic E-state index is 11.8. The number of hydrogen-bond donors (Lipinski definition) is 0. The van der Waals surface area contributed by atoms with Crippen LogP contribution in [0.25, 0.3) is 0 Å². The Morgan fingerprint density at radius 2 is 1.92 bits per heavy atom. The fourth-order valence-electron chi connectivity index (χ4n) is 1.97. The van der Waals surface area contributed by atoms with Crippen LogP contribution in [0.5, 0.6) is 5.75 Å². The number of carbonyl (C=O) groups excluding carboxylic acids is 1. The molecule has 0 aliphatic carbocycles. The maximum Gasteiger partial charge on any atom is 0.349 e. The molecule has 0 fully saturated rings. The summed E-state index contributed by atoms with van der Waals surface area (Å²) in [5, 5.41) is 0.648. The SMILES string of the molecule is CCOC(=O)C(C)(C)Oc1ccc(C=Nc2cccc(Cl)c2)cc1. The monoisotopic (exact) mass is 345 g/mol. The van der Waals surface area contributed by atoms with Gasteiger partial charge in [-0.25, -0.2) is 4.79 Å². The van der Waals surface area contributed by atoms with Crippen LogP contribution in [0.1, 0.15) is 26.3 Å². The zero-order valence-electron chi connectivity index (χ0n) is 14.0. The van der Waals surface area contributed by atoms with Crippen molar-refractivity contribution in [2.75, 3.05) is 6.61 Å². The molecule has 0 aromatic heterocycles. The van der Waals surface area contributed by atoms with Gasteiger partial charge in [-0.15, -0.1) is 0 Å². The Hall–Kier alpha value is -2.33. The van der Waals surface area contributed by atoms with E-state index < -0.39 is 11.6 Å². The first-order valence-corrected chi connectivity index (χ1v) is 8.04. The Labute approximate surface area is 147 Å². The van der Waals surface area contributed by atoms with Crippen LogP contribution in [-0.4, -0.2) is 24.4 Å². The zero-order chi connectivity index (χ0) is 17.6. The normalized spacial score (nSPS) is 11.5. The Morgan fingerprint density at radius 3 is 2.54 bits per heavy atom. The van der Waals surface area contributed by atoms with Crippen LogP contribution in [-0.2, 0) is 9.53 Å². The van der Waals surface area contributed by atoms with Crippen LogP contribution < -0.4 is 4.74 Å². The van der Waals surface area contributed by atoms with E-state index in [9.17, 15) is 4.79 Å². The smallest absolute Gasteiger partial charge is 0.349 e. The van der Waals surface area contributed by atoms with Crippen molar-refractivity contribution in [3.63, 3.8) is 0 Å². The highest BCUT2D eigenvalue weighted by Crippen LogP contribution is 2.21. The van der Waals surface area contributed by atoms with Gasteiger partial charge in [-0.05, 0) is 68.8 Å². The fraction of sp³-hybridized carbons (Fsp3) is 0.263. The lowest BCUT2D eigenvalue weighted by molar-refractivity contribution is -0.158. The van der Waals surface area contributed by atoms with Crippen molar-refractivity contribution in [2.45, 2.75) is 26.4 Å². The molecular formula is C19H20ClNO3. The lowest BCUT2D eigenvalue weighted by Gasteiger charge is -2.24. The van der Waals surface area contributed by atoms with Gasteiger partial charge in [-0.1, -0.05) is 17.7 Å². The third kappa shape index (κ3) is 5.10. The van der Waals surface area contributed by atoms with E-state index in [4.69, 9.17) is 21.1 Å². The topological polar surface area (TPSA) is 47.9 Å². The van der Waals surface area contributed by atoms with Crippen LogP contribution in [0.3, 0.4) is 0 Å². The quantitative estimate of drug-likeness (QED) is 0.557. The molecule has 2 aromatic rings. The van der Waals surface area contributed by atoms with E-state index in [-0.39, 0.29) is 0 Å². The number of rotatable bonds is 6. The Balaban J connectivity index is 2.04. The van der Waals surface area contributed by atoms with Gasteiger partial charge in [-0.3, -0.25) is 4.99 Å². The molecule has 24 heavy (non-hydrogen) atoms. The number of carbonyl (C=O) groups is 1. The number of ether oxygens (including phenoxy) is 2. The first-order chi connectivity index (χ1) is 11.4. The molecule has 0 radical (unpaired) electrons. The summed E-state index contributed by atoms with van der Waals surface area (Å²) in [4.78, 5) is 16.2. The first kappa shape index (κ1) is 18.0. The molecule has 5 heteroatoms. The van der Waals surface area contributed by atoms with Crippen molar-refractivity contribution in [1.29, 1.82) is 0 Å². The minimum atomic E-state index is -1.04. The summed E-state index contributed by atoms with van der Waals surface area (Å²) < 4.78 is 10.7. The Morgan fingerprint density at radius 1 is 1.21 bits per heavy atom. The molecule has 0 aliphatic rings. The highest BCUT2D eigenvalue weighted by Gasteiger charge is 2.31. The van der Waals surface area contributed by atoms with E-state index in [0.29, 0.717) is 17.4 Å². The fourth-order valence-corrected chi connectivity index (χ4v) is 2.15. The number of halogens is 1. The molecule has 2 aromatic carbocycles. The minimum Gasteiger partial charge on any atom is -0.476 e. The van der Waals surface area contributed by atoms with Crippen molar-refractivity contribution < 1.29 is 14.3 Å². The van der Waals surface area contributed by atoms with Gasteiger partial charge in [0, 0.05) is 11.2 Å². The molecule has 0 saturated heterocycles. The van der Waals surface area contributed by atoms with Gasteiger partial charge in [-0.2, -0.15) is 0 Å². The van der Waals surface area contributed by atoms with E-state index in [1.807, 2.05) is 24.3 Å². The number of aliphatic imine (C=N–C) groups is 1. The van der Waals surface area contributed by atoms with Crippen LogP contribution in [0.2, 0.25) is 5.02 Å². The second-order valence-corrected chi connectivity index (χ2v) is 6.08. The first-order valence-electron chi connectivity index (χ1n) is 7.66. The van der Waals surface area contributed by atoms with Crippen LogP contribution in [0.4, 0.5) is 5.69 Å². The molecule has 4 nitrogen and oxygen atoms in total. The van der Waals surface area contributed by atoms with Gasteiger partial charge < -0.3 is 9.47 Å². The second kappa shape index (κ2) is 7.97. The van der Waals surface area contributed by atoms with Gasteiger partial charge in [0.1, 0.15) is 5.75 Å². The van der Waals surface area contributed by atoms with Crippen molar-refractivity contribution in [3.8, 4) is 5.75 Å². The Bertz CT molecular complexity index is 724. The summed E-state index contributed by atoms with van der Waals surface area (Å²) in [5.41, 5.74) is 0.661. The average molecular weight is 346 g/mol. The third-order valence-electron chi connectivity index (χ3n) is 3.19. The molecule has 2 rings (SSSR count). The predicted molar refractivity (Wildman–Crippen MR) is 96.5 cm³/mol. The van der Waals surface area contributed by atoms with E-state index in [2.05, 4.69) is 4.99 Å². The molecule has 0 spiro atoms. The average Bonchev–Trinajstić information content (AvgIpc) is 2.54. The van der Waals surface area contributed by atoms with Gasteiger partial charge in [0.15, 0.2) is 5.60 Å². The largest absolute Gasteiger partial charge is 0.476 e. The molecule has 126 valence electrons. The number of hydrogen-bond acceptors (Lipinski definition) is 4. The van der Waals surface area contributed by atoms with Gasteiger partial charge in [0.05, 0.1) is 12.3 Å². The molecule has 0 heterocycles. The standard InChI is InChI=1S/C19H20ClNO3/c1-4-23-18(22)19(2,3)24-17-10-8-14(9-11-17)13-21-16-7-5-6-15(20)12-16/h5-13H,4H2,1-3H3. The summed E-state index contributed by atoms with van der Waals surface area (Å²) in [6.07, 6.45) is 1.74. The van der Waals surface area contributed by atoms with Gasteiger partial charge in [0.2, 0.25) is 0 Å². The predicted octanol–water partition coefficient (Wildman–Crippen LogP) is 4.81. The molecule has 0 saturated carbocycles. The van der Waals surface area contributed by atoms with Crippen LogP contribution in [0.15, 0.2) is 53.5 Å². The Kier molecular flexibility index (Phi) is 5.99. The lowest BCUT2D eigenvalue weighted by Crippen LogP contribution is -2.39. The van der Waals surface area contributed by atoms with Crippen LogP contribution in [0, 0.1) is 0 Å². The highest BCUT2D eigenvalue weighted by molar-refractivity contribution is 6.30. The zero-order valence-corrected chi connectivity index (χ0v) is 14.7. The minimum absolute atomic E-state index is 0.324. The summed E-state index contributed by atoms with van der Waals surface area (Å²) in [6, 6.07) is 14.6. The molecule has 0 atom stereocenters. The molecule has 0 amide bonds. The van der Waals surface area contributed by atoms with E-state index >= 15 is 0 Å². The number of nitrogens with zero attached hydrogens (tertiary/aromatic N) is 1. The van der Waals surface area contributed by atoms with Gasteiger partial charge >= 0.3 is 5.97 Å². The van der Waals surface area contributed by atoms with Crippen LogP contribution >= 0.6 is 11.6 Å².